The van der Waals surface area contributed by atoms with Gasteiger partial charge in [-0.2, -0.15) is 0 Å². The van der Waals surface area contributed by atoms with Crippen LogP contribution in [0.3, 0.4) is 0 Å². The lowest BCUT2D eigenvalue weighted by Gasteiger charge is -2.24. The zero-order chi connectivity index (χ0) is 11.1. The summed E-state index contributed by atoms with van der Waals surface area (Å²) in [5, 5.41) is 2.85. The fourth-order valence-corrected chi connectivity index (χ4v) is 1.71. The van der Waals surface area contributed by atoms with E-state index in [2.05, 4.69) is 12.2 Å². The fraction of sp³-hybridized carbons (Fsp3) is 0.818. The smallest absolute Gasteiger partial charge is 0.234 e. The molecule has 0 atom stereocenters. The Morgan fingerprint density at radius 1 is 1.53 bits per heavy atom. The number of likely N-dealkylation sites (tertiary alicyclic amines) is 1. The van der Waals surface area contributed by atoms with Gasteiger partial charge < -0.3 is 5.32 Å². The first-order valence-electron chi connectivity index (χ1n) is 5.73. The van der Waals surface area contributed by atoms with Crippen LogP contribution in [0, 0.1) is 0 Å². The fourth-order valence-electron chi connectivity index (χ4n) is 1.71. The van der Waals surface area contributed by atoms with Gasteiger partial charge in [0.1, 0.15) is 5.78 Å². The Morgan fingerprint density at radius 2 is 2.33 bits per heavy atom. The summed E-state index contributed by atoms with van der Waals surface area (Å²) < 4.78 is 0. The van der Waals surface area contributed by atoms with E-state index in [-0.39, 0.29) is 11.7 Å². The number of hydrogen-bond acceptors (Lipinski definition) is 3. The molecule has 1 amide bonds. The lowest BCUT2D eigenvalue weighted by Crippen LogP contribution is -2.42. The molecule has 0 bridgehead atoms. The third kappa shape index (κ3) is 4.93. The number of hydrogen-bond donors (Lipinski definition) is 1. The minimum atomic E-state index is 0.0400. The van der Waals surface area contributed by atoms with Crippen molar-refractivity contribution >= 4 is 11.7 Å². The van der Waals surface area contributed by atoms with Gasteiger partial charge in [-0.15, -0.1) is 0 Å². The molecule has 1 fully saturated rings. The lowest BCUT2D eigenvalue weighted by atomic mass is 10.1. The molecule has 1 aliphatic heterocycles. The molecule has 0 aliphatic carbocycles. The molecule has 0 spiro atoms. The van der Waals surface area contributed by atoms with Gasteiger partial charge in [0.15, 0.2) is 0 Å². The number of amides is 1. The van der Waals surface area contributed by atoms with Gasteiger partial charge in [-0.05, 0) is 19.4 Å². The first-order chi connectivity index (χ1) is 7.22. The summed E-state index contributed by atoms with van der Waals surface area (Å²) in [5.74, 6) is 0.292. The number of piperidine rings is 1. The molecule has 4 heteroatoms. The van der Waals surface area contributed by atoms with Crippen LogP contribution in [-0.2, 0) is 9.59 Å². The van der Waals surface area contributed by atoms with Crippen molar-refractivity contribution in [3.05, 3.63) is 0 Å². The van der Waals surface area contributed by atoms with Gasteiger partial charge >= 0.3 is 0 Å². The molecule has 0 aromatic rings. The van der Waals surface area contributed by atoms with E-state index in [0.717, 1.165) is 32.4 Å². The Morgan fingerprint density at radius 3 is 3.00 bits per heavy atom. The van der Waals surface area contributed by atoms with Crippen molar-refractivity contribution in [1.29, 1.82) is 0 Å². The highest BCUT2D eigenvalue weighted by Crippen LogP contribution is 2.04. The van der Waals surface area contributed by atoms with Crippen LogP contribution >= 0.6 is 0 Å². The van der Waals surface area contributed by atoms with Crippen LogP contribution in [-0.4, -0.2) is 42.8 Å². The van der Waals surface area contributed by atoms with Crippen molar-refractivity contribution in [2.75, 3.05) is 26.2 Å². The second-order valence-electron chi connectivity index (χ2n) is 4.06. The Hall–Kier alpha value is -0.900. The number of nitrogens with one attached hydrogen (secondary N) is 1. The molecule has 1 N–H and O–H groups in total. The van der Waals surface area contributed by atoms with E-state index in [4.69, 9.17) is 0 Å². The number of unbranched alkanes of at least 4 members (excludes halogenated alkanes) is 1. The first-order valence-corrected chi connectivity index (χ1v) is 5.73. The highest BCUT2D eigenvalue weighted by atomic mass is 16.2. The number of carbonyl (C=O) groups is 2. The predicted molar refractivity (Wildman–Crippen MR) is 58.6 cm³/mol. The summed E-state index contributed by atoms with van der Waals surface area (Å²) >= 11 is 0. The van der Waals surface area contributed by atoms with Crippen LogP contribution < -0.4 is 5.32 Å². The maximum absolute atomic E-state index is 11.4. The quantitative estimate of drug-likeness (QED) is 0.678. The number of rotatable bonds is 5. The van der Waals surface area contributed by atoms with Gasteiger partial charge in [0, 0.05) is 13.0 Å². The highest BCUT2D eigenvalue weighted by Gasteiger charge is 2.18. The molecule has 15 heavy (non-hydrogen) atoms. The molecule has 4 nitrogen and oxygen atoms in total. The third-order valence-corrected chi connectivity index (χ3v) is 2.55. The van der Waals surface area contributed by atoms with E-state index in [9.17, 15) is 9.59 Å². The van der Waals surface area contributed by atoms with E-state index >= 15 is 0 Å². The molecule has 0 aromatic carbocycles. The third-order valence-electron chi connectivity index (χ3n) is 2.55. The molecule has 0 radical (unpaired) electrons. The van der Waals surface area contributed by atoms with Gasteiger partial charge in [0.2, 0.25) is 5.91 Å². The average molecular weight is 212 g/mol. The van der Waals surface area contributed by atoms with Crippen LogP contribution in [0.4, 0.5) is 0 Å². The molecule has 1 aliphatic rings. The summed E-state index contributed by atoms with van der Waals surface area (Å²) in [5.41, 5.74) is 0. The Labute approximate surface area is 91.0 Å². The van der Waals surface area contributed by atoms with Crippen molar-refractivity contribution in [3.63, 3.8) is 0 Å². The minimum absolute atomic E-state index is 0.0400. The summed E-state index contributed by atoms with van der Waals surface area (Å²) in [6.07, 6.45) is 3.67. The highest BCUT2D eigenvalue weighted by molar-refractivity contribution is 5.83. The molecule has 86 valence electrons. The average Bonchev–Trinajstić information content (AvgIpc) is 2.18. The minimum Gasteiger partial charge on any atom is -0.355 e. The van der Waals surface area contributed by atoms with Gasteiger partial charge in [-0.1, -0.05) is 13.3 Å². The van der Waals surface area contributed by atoms with Crippen molar-refractivity contribution in [3.8, 4) is 0 Å². The van der Waals surface area contributed by atoms with Crippen molar-refractivity contribution < 1.29 is 9.59 Å². The monoisotopic (exact) mass is 212 g/mol. The second-order valence-corrected chi connectivity index (χ2v) is 4.06. The predicted octanol–water partition coefficient (Wildman–Crippen LogP) is 0.568. The molecule has 1 rings (SSSR count). The van der Waals surface area contributed by atoms with Gasteiger partial charge in [-0.3, -0.25) is 14.5 Å². The number of carbonyl (C=O) groups excluding carboxylic acids is 2. The van der Waals surface area contributed by atoms with Crippen LogP contribution in [0.15, 0.2) is 0 Å². The zero-order valence-electron chi connectivity index (χ0n) is 9.42. The zero-order valence-corrected chi connectivity index (χ0v) is 9.42. The summed E-state index contributed by atoms with van der Waals surface area (Å²) in [6, 6.07) is 0. The van der Waals surface area contributed by atoms with Crippen LogP contribution in [0.25, 0.3) is 0 Å². The van der Waals surface area contributed by atoms with Crippen LogP contribution in [0.2, 0.25) is 0 Å². The van der Waals surface area contributed by atoms with Crippen LogP contribution in [0.1, 0.15) is 32.6 Å². The summed E-state index contributed by atoms with van der Waals surface area (Å²) in [7, 11) is 0. The molecular weight excluding hydrogens is 192 g/mol. The molecule has 0 saturated carbocycles. The van der Waals surface area contributed by atoms with Crippen molar-refractivity contribution in [2.45, 2.75) is 32.6 Å². The number of nitrogens with zero attached hydrogens (tertiary/aromatic N) is 1. The largest absolute Gasteiger partial charge is 0.355 e. The summed E-state index contributed by atoms with van der Waals surface area (Å²) in [4.78, 5) is 24.5. The maximum atomic E-state index is 11.4. The molecule has 0 unspecified atom stereocenters. The molecule has 1 heterocycles. The topological polar surface area (TPSA) is 49.4 Å². The van der Waals surface area contributed by atoms with E-state index in [0.29, 0.717) is 19.5 Å². The molecular formula is C11H20N2O2. The van der Waals surface area contributed by atoms with Crippen molar-refractivity contribution in [1.82, 2.24) is 10.2 Å². The second kappa shape index (κ2) is 6.56. The standard InChI is InChI=1S/C11H20N2O2/c1-2-3-6-12-11(15)9-13-7-4-5-10(14)8-13/h2-9H2,1H3,(H,12,15). The number of ketones is 1. The van der Waals surface area contributed by atoms with Gasteiger partial charge in [0.25, 0.3) is 0 Å². The Balaban J connectivity index is 2.16. The van der Waals surface area contributed by atoms with E-state index in [1.54, 1.807) is 0 Å². The molecule has 1 saturated heterocycles. The normalized spacial score (nSPS) is 17.8. The van der Waals surface area contributed by atoms with E-state index in [1.165, 1.54) is 0 Å². The molecule has 0 aromatic heterocycles. The summed E-state index contributed by atoms with van der Waals surface area (Å²) in [6.45, 7) is 4.52. The van der Waals surface area contributed by atoms with Gasteiger partial charge in [0.05, 0.1) is 13.1 Å². The van der Waals surface area contributed by atoms with E-state index in [1.807, 2.05) is 4.90 Å². The Bertz CT molecular complexity index is 229. The van der Waals surface area contributed by atoms with E-state index < -0.39 is 0 Å². The maximum Gasteiger partial charge on any atom is 0.234 e. The first kappa shape index (κ1) is 12.2. The van der Waals surface area contributed by atoms with Gasteiger partial charge in [-0.25, -0.2) is 0 Å². The Kier molecular flexibility index (Phi) is 5.32. The lowest BCUT2D eigenvalue weighted by molar-refractivity contribution is -0.125. The number of Topliss-reactive ketones (excluding diaryl/α,β-unsaturated/α-hetero) is 1. The van der Waals surface area contributed by atoms with Crippen molar-refractivity contribution in [2.24, 2.45) is 0 Å². The SMILES string of the molecule is CCCCNC(=O)CN1CCCC(=O)C1. The van der Waals surface area contributed by atoms with Crippen LogP contribution in [0.5, 0.6) is 0 Å².